The van der Waals surface area contributed by atoms with E-state index in [2.05, 4.69) is 20.8 Å². The molecule has 1 amide bonds. The minimum absolute atomic E-state index is 0.0783. The summed E-state index contributed by atoms with van der Waals surface area (Å²) in [6.45, 7) is 5.74. The molecule has 0 aliphatic carbocycles. The zero-order chi connectivity index (χ0) is 9.84. The van der Waals surface area contributed by atoms with Crippen molar-refractivity contribution in [3.8, 4) is 0 Å². The second kappa shape index (κ2) is 3.97. The molecule has 0 atom stereocenters. The quantitative estimate of drug-likeness (QED) is 0.686. The lowest BCUT2D eigenvalue weighted by Crippen LogP contribution is -2.33. The predicted octanol–water partition coefficient (Wildman–Crippen LogP) is -0.494. The average molecular weight is 183 g/mol. The van der Waals surface area contributed by atoms with Crippen LogP contribution in [-0.4, -0.2) is 32.2 Å². The van der Waals surface area contributed by atoms with Crippen molar-refractivity contribution in [1.29, 1.82) is 0 Å². The van der Waals surface area contributed by atoms with Crippen LogP contribution in [-0.2, 0) is 11.3 Å². The first-order chi connectivity index (χ1) is 6.09. The Kier molecular flexibility index (Phi) is 2.94. The summed E-state index contributed by atoms with van der Waals surface area (Å²) >= 11 is 0. The number of tetrazole rings is 1. The molecule has 1 N–H and O–H groups in total. The summed E-state index contributed by atoms with van der Waals surface area (Å²) in [5.74, 6) is 0.560. The van der Waals surface area contributed by atoms with Gasteiger partial charge in [0.05, 0.1) is 0 Å². The van der Waals surface area contributed by atoms with Crippen molar-refractivity contribution >= 4 is 5.91 Å². The summed E-state index contributed by atoms with van der Waals surface area (Å²) in [5.41, 5.74) is 0. The number of carbonyl (C=O) groups excluding carboxylic acids is 1. The Morgan fingerprint density at radius 1 is 1.62 bits per heavy atom. The Balaban J connectivity index is 2.50. The third-order valence-electron chi connectivity index (χ3n) is 1.45. The Bertz CT molecular complexity index is 293. The van der Waals surface area contributed by atoms with Crippen LogP contribution in [0.2, 0.25) is 0 Å². The lowest BCUT2D eigenvalue weighted by Gasteiger charge is -2.07. The second-order valence-corrected chi connectivity index (χ2v) is 3.11. The van der Waals surface area contributed by atoms with E-state index in [0.29, 0.717) is 5.82 Å². The van der Waals surface area contributed by atoms with E-state index in [1.165, 1.54) is 4.68 Å². The number of amides is 1. The Morgan fingerprint density at radius 3 is 2.77 bits per heavy atom. The number of aromatic nitrogens is 4. The van der Waals surface area contributed by atoms with Gasteiger partial charge in [-0.3, -0.25) is 4.79 Å². The average Bonchev–Trinajstić information content (AvgIpc) is 2.34. The van der Waals surface area contributed by atoms with E-state index in [1.54, 1.807) is 6.92 Å². The Morgan fingerprint density at radius 2 is 2.31 bits per heavy atom. The fourth-order valence-electron chi connectivity index (χ4n) is 0.899. The molecular formula is C7H13N5O. The van der Waals surface area contributed by atoms with E-state index in [-0.39, 0.29) is 18.5 Å². The van der Waals surface area contributed by atoms with Crippen molar-refractivity contribution in [3.63, 3.8) is 0 Å². The first kappa shape index (κ1) is 9.63. The number of nitrogens with one attached hydrogen (secondary N) is 1. The number of carbonyl (C=O) groups is 1. The van der Waals surface area contributed by atoms with Gasteiger partial charge in [-0.2, -0.15) is 0 Å². The van der Waals surface area contributed by atoms with Gasteiger partial charge in [0.15, 0.2) is 0 Å². The van der Waals surface area contributed by atoms with Crippen molar-refractivity contribution in [3.05, 3.63) is 5.82 Å². The second-order valence-electron chi connectivity index (χ2n) is 3.11. The van der Waals surface area contributed by atoms with E-state index in [9.17, 15) is 4.79 Å². The van der Waals surface area contributed by atoms with Gasteiger partial charge in [0, 0.05) is 6.04 Å². The van der Waals surface area contributed by atoms with Gasteiger partial charge in [0.25, 0.3) is 0 Å². The lowest BCUT2D eigenvalue weighted by molar-refractivity contribution is -0.122. The minimum atomic E-state index is -0.0783. The molecular weight excluding hydrogens is 170 g/mol. The van der Waals surface area contributed by atoms with Crippen molar-refractivity contribution < 1.29 is 4.79 Å². The monoisotopic (exact) mass is 183 g/mol. The summed E-state index contributed by atoms with van der Waals surface area (Å²) in [5, 5.41) is 13.5. The van der Waals surface area contributed by atoms with Crippen LogP contribution in [0.4, 0.5) is 0 Å². The maximum Gasteiger partial charge on any atom is 0.242 e. The fraction of sp³-hybridized carbons (Fsp3) is 0.714. The summed E-state index contributed by atoms with van der Waals surface area (Å²) in [7, 11) is 0. The van der Waals surface area contributed by atoms with Crippen LogP contribution in [0, 0.1) is 6.92 Å². The third-order valence-corrected chi connectivity index (χ3v) is 1.45. The molecule has 1 heterocycles. The highest BCUT2D eigenvalue weighted by Crippen LogP contribution is 1.88. The van der Waals surface area contributed by atoms with Crippen molar-refractivity contribution in [2.24, 2.45) is 0 Å². The van der Waals surface area contributed by atoms with Crippen LogP contribution in [0.25, 0.3) is 0 Å². The largest absolute Gasteiger partial charge is 0.352 e. The standard InChI is InChI=1S/C7H13N5O/c1-5(2)8-7(13)4-12-6(3)9-10-11-12/h5H,4H2,1-3H3,(H,8,13). The highest BCUT2D eigenvalue weighted by atomic mass is 16.2. The topological polar surface area (TPSA) is 72.7 Å². The number of hydrogen-bond donors (Lipinski definition) is 1. The maximum absolute atomic E-state index is 11.2. The number of rotatable bonds is 3. The van der Waals surface area contributed by atoms with Crippen LogP contribution >= 0.6 is 0 Å². The van der Waals surface area contributed by atoms with Gasteiger partial charge >= 0.3 is 0 Å². The molecule has 0 radical (unpaired) electrons. The van der Waals surface area contributed by atoms with Gasteiger partial charge in [0.1, 0.15) is 12.4 Å². The summed E-state index contributed by atoms with van der Waals surface area (Å²) < 4.78 is 1.46. The summed E-state index contributed by atoms with van der Waals surface area (Å²) in [4.78, 5) is 11.2. The van der Waals surface area contributed by atoms with E-state index in [1.807, 2.05) is 13.8 Å². The fourth-order valence-corrected chi connectivity index (χ4v) is 0.899. The zero-order valence-electron chi connectivity index (χ0n) is 7.98. The molecule has 0 bridgehead atoms. The Labute approximate surface area is 76.3 Å². The maximum atomic E-state index is 11.2. The molecule has 1 aromatic rings. The molecule has 0 unspecified atom stereocenters. The molecule has 0 saturated carbocycles. The minimum Gasteiger partial charge on any atom is -0.352 e. The highest BCUT2D eigenvalue weighted by Gasteiger charge is 2.07. The first-order valence-corrected chi connectivity index (χ1v) is 4.11. The smallest absolute Gasteiger partial charge is 0.242 e. The van der Waals surface area contributed by atoms with Gasteiger partial charge in [0.2, 0.25) is 5.91 Å². The molecule has 72 valence electrons. The van der Waals surface area contributed by atoms with Crippen molar-refractivity contribution in [2.45, 2.75) is 33.4 Å². The number of hydrogen-bond acceptors (Lipinski definition) is 4. The third kappa shape index (κ3) is 2.81. The predicted molar refractivity (Wildman–Crippen MR) is 45.8 cm³/mol. The van der Waals surface area contributed by atoms with E-state index >= 15 is 0 Å². The zero-order valence-corrected chi connectivity index (χ0v) is 7.98. The molecule has 6 heteroatoms. The van der Waals surface area contributed by atoms with Gasteiger partial charge in [-0.25, -0.2) is 4.68 Å². The molecule has 0 spiro atoms. The van der Waals surface area contributed by atoms with Crippen molar-refractivity contribution in [2.75, 3.05) is 0 Å². The molecule has 1 aromatic heterocycles. The molecule has 0 fully saturated rings. The van der Waals surface area contributed by atoms with E-state index in [4.69, 9.17) is 0 Å². The molecule has 1 rings (SSSR count). The van der Waals surface area contributed by atoms with Gasteiger partial charge in [-0.15, -0.1) is 5.10 Å². The molecule has 6 nitrogen and oxygen atoms in total. The molecule has 0 aliphatic rings. The Hall–Kier alpha value is -1.46. The molecule has 0 aliphatic heterocycles. The van der Waals surface area contributed by atoms with Gasteiger partial charge in [-0.1, -0.05) is 0 Å². The first-order valence-electron chi connectivity index (χ1n) is 4.11. The van der Waals surface area contributed by atoms with Crippen LogP contribution in [0.15, 0.2) is 0 Å². The molecule has 13 heavy (non-hydrogen) atoms. The van der Waals surface area contributed by atoms with Crippen LogP contribution in [0.3, 0.4) is 0 Å². The van der Waals surface area contributed by atoms with Crippen molar-refractivity contribution in [1.82, 2.24) is 25.5 Å². The highest BCUT2D eigenvalue weighted by molar-refractivity contribution is 5.75. The van der Waals surface area contributed by atoms with Crippen LogP contribution in [0.1, 0.15) is 19.7 Å². The number of aryl methyl sites for hydroxylation is 1. The van der Waals surface area contributed by atoms with E-state index in [0.717, 1.165) is 0 Å². The van der Waals surface area contributed by atoms with Crippen LogP contribution in [0.5, 0.6) is 0 Å². The lowest BCUT2D eigenvalue weighted by atomic mass is 10.4. The molecule has 0 saturated heterocycles. The summed E-state index contributed by atoms with van der Waals surface area (Å²) in [6, 6.07) is 0.143. The van der Waals surface area contributed by atoms with Gasteiger partial charge in [-0.05, 0) is 31.2 Å². The SMILES string of the molecule is Cc1nnnn1CC(=O)NC(C)C. The van der Waals surface area contributed by atoms with E-state index < -0.39 is 0 Å². The van der Waals surface area contributed by atoms with Crippen LogP contribution < -0.4 is 5.32 Å². The normalized spacial score (nSPS) is 10.5. The number of nitrogens with zero attached hydrogens (tertiary/aromatic N) is 4. The summed E-state index contributed by atoms with van der Waals surface area (Å²) in [6.07, 6.45) is 0. The molecule has 0 aromatic carbocycles. The van der Waals surface area contributed by atoms with Gasteiger partial charge < -0.3 is 5.32 Å².